The van der Waals surface area contributed by atoms with E-state index in [0.717, 1.165) is 0 Å². The molecule has 1 saturated carbocycles. The number of aliphatic hydroxyl groups excluding tert-OH is 2. The van der Waals surface area contributed by atoms with Crippen molar-refractivity contribution in [3.8, 4) is 0 Å². The van der Waals surface area contributed by atoms with Gasteiger partial charge in [0, 0.05) is 17.4 Å². The van der Waals surface area contributed by atoms with Gasteiger partial charge >= 0.3 is 7.82 Å². The highest BCUT2D eigenvalue weighted by molar-refractivity contribution is 7.48. The molecule has 5 aromatic rings. The fourth-order valence-corrected chi connectivity index (χ4v) is 9.13. The molecule has 2 amide bonds. The third kappa shape index (κ3) is 6.85. The Morgan fingerprint density at radius 3 is 2.55 bits per heavy atom. The van der Waals surface area contributed by atoms with Gasteiger partial charge < -0.3 is 34.6 Å². The maximum absolute atomic E-state index is 14.5. The normalized spacial score (nSPS) is 28.8. The van der Waals surface area contributed by atoms with E-state index in [1.165, 1.54) is 28.1 Å². The number of phosphoric ester groups is 1. The summed E-state index contributed by atoms with van der Waals surface area (Å²) in [5.74, 6) is -1.67. The van der Waals surface area contributed by atoms with Crippen LogP contribution >= 0.6 is 7.82 Å². The third-order valence-electron chi connectivity index (χ3n) is 10.9. The standard InChI is InChI=1S/C36H38N11O12P/c1-18(2)29(50)44-34-43-28-22(31(52)45-34)41-17-47(28)32-23(49)20-11-35(20,57-32)14-56-60(53,55-10-9-37-3)59-25-24-33(58-36(25,12-48)13-54-24)46-16-40-21-26(38-15-39-27(21)46)42-30(51)19-7-5-4-6-8-19/h4-8,15-18,20,23-25,32-33,48-49H,9-14H2,1-2H3,(H,38,39,42,51)(H2,43,44,45,50,52)/t20-,23+,24+,25-,32+,33+,35+,36-,60?/m0/s1. The van der Waals surface area contributed by atoms with E-state index in [9.17, 15) is 29.2 Å². The van der Waals surface area contributed by atoms with Crippen molar-refractivity contribution in [2.75, 3.05) is 43.6 Å². The first-order valence-corrected chi connectivity index (χ1v) is 20.3. The summed E-state index contributed by atoms with van der Waals surface area (Å²) in [6.07, 6.45) is -1.31. The number of aromatic nitrogens is 8. The maximum atomic E-state index is 14.5. The fraction of sp³-hybridized carbons (Fsp3) is 0.472. The van der Waals surface area contributed by atoms with Crippen LogP contribution in [0.5, 0.6) is 0 Å². The number of carbonyl (C=O) groups is 2. The first-order valence-electron chi connectivity index (χ1n) is 18.9. The molecule has 0 radical (unpaired) electrons. The monoisotopic (exact) mass is 847 g/mol. The lowest BCUT2D eigenvalue weighted by Crippen LogP contribution is -2.45. The van der Waals surface area contributed by atoms with Gasteiger partial charge in [-0.25, -0.2) is 31.1 Å². The first-order chi connectivity index (χ1) is 28.9. The highest BCUT2D eigenvalue weighted by atomic mass is 31.2. The largest absolute Gasteiger partial charge is 0.475 e. The molecule has 1 aromatic carbocycles. The number of hydrogen-bond acceptors (Lipinski definition) is 17. The number of hydrogen-bond donors (Lipinski definition) is 5. The Morgan fingerprint density at radius 2 is 1.80 bits per heavy atom. The molecule has 1 aliphatic carbocycles. The lowest BCUT2D eigenvalue weighted by Gasteiger charge is -2.30. The molecule has 314 valence electrons. The molecular weight excluding hydrogens is 809 g/mol. The number of amides is 2. The van der Waals surface area contributed by atoms with Crippen LogP contribution in [-0.2, 0) is 37.1 Å². The molecule has 60 heavy (non-hydrogen) atoms. The molecule has 1 unspecified atom stereocenters. The molecule has 24 heteroatoms. The fourth-order valence-electron chi connectivity index (χ4n) is 7.66. The van der Waals surface area contributed by atoms with Crippen LogP contribution < -0.4 is 16.2 Å². The van der Waals surface area contributed by atoms with Gasteiger partial charge in [-0.15, -0.1) is 0 Å². The highest BCUT2D eigenvalue weighted by Gasteiger charge is 2.69. The number of nitrogens with one attached hydrogen (secondary N) is 3. The molecule has 2 bridgehead atoms. The van der Waals surface area contributed by atoms with Crippen molar-refractivity contribution in [2.24, 2.45) is 11.8 Å². The zero-order chi connectivity index (χ0) is 42.0. The smallest absolute Gasteiger partial charge is 0.393 e. The molecule has 4 aromatic heterocycles. The SMILES string of the molecule is [C-]#[N+]CCOP(=O)(OC[C@]12C[C@H]1[C@@H](O)[C@H](n1cnc3c(=O)[nH]c(NC(=O)C(C)C)nc31)O2)O[C@H]1[C@H]2OC[C@]1(CO)O[C@H]2n1cnc2c(NC(=O)c3ccccc3)ncnc21. The van der Waals surface area contributed by atoms with Crippen molar-refractivity contribution < 1.29 is 52.1 Å². The molecule has 9 rings (SSSR count). The predicted molar refractivity (Wildman–Crippen MR) is 204 cm³/mol. The molecule has 9 atom stereocenters. The van der Waals surface area contributed by atoms with Crippen LogP contribution in [0.3, 0.4) is 0 Å². The lowest BCUT2D eigenvalue weighted by atomic mass is 10.0. The number of carbonyl (C=O) groups excluding carboxylic acids is 2. The number of imidazole rings is 2. The van der Waals surface area contributed by atoms with E-state index >= 15 is 0 Å². The van der Waals surface area contributed by atoms with E-state index < -0.39 is 86.3 Å². The minimum absolute atomic E-state index is 0.0431. The van der Waals surface area contributed by atoms with E-state index in [0.29, 0.717) is 12.0 Å². The van der Waals surface area contributed by atoms with Gasteiger partial charge in [-0.1, -0.05) is 32.0 Å². The van der Waals surface area contributed by atoms with Crippen LogP contribution in [0.15, 0.2) is 54.1 Å². The van der Waals surface area contributed by atoms with Crippen molar-refractivity contribution >= 4 is 53.7 Å². The number of phosphoric acid groups is 1. The average molecular weight is 848 g/mol. The number of benzene rings is 1. The summed E-state index contributed by atoms with van der Waals surface area (Å²) in [5.41, 5.74) is -2.47. The van der Waals surface area contributed by atoms with Crippen LogP contribution in [0.1, 0.15) is 43.1 Å². The van der Waals surface area contributed by atoms with Crippen LogP contribution in [0.4, 0.5) is 11.8 Å². The van der Waals surface area contributed by atoms with E-state index in [2.05, 4.69) is 45.4 Å². The van der Waals surface area contributed by atoms with Crippen molar-refractivity contribution in [1.29, 1.82) is 0 Å². The number of rotatable bonds is 15. The Morgan fingerprint density at radius 1 is 1.05 bits per heavy atom. The molecular formula is C36H38N11O12P. The number of aromatic amines is 1. The highest BCUT2D eigenvalue weighted by Crippen LogP contribution is 2.63. The van der Waals surface area contributed by atoms with Crippen molar-refractivity contribution in [3.63, 3.8) is 0 Å². The topological polar surface area (TPSA) is 283 Å². The van der Waals surface area contributed by atoms with Crippen LogP contribution in [-0.4, -0.2) is 124 Å². The summed E-state index contributed by atoms with van der Waals surface area (Å²) in [7, 11) is -4.63. The van der Waals surface area contributed by atoms with Gasteiger partial charge in [-0.05, 0) is 18.6 Å². The second kappa shape index (κ2) is 15.2. The van der Waals surface area contributed by atoms with Gasteiger partial charge in [0.1, 0.15) is 42.4 Å². The van der Waals surface area contributed by atoms with Crippen molar-refractivity contribution in [2.45, 2.75) is 62.2 Å². The Hall–Kier alpha value is -5.54. The van der Waals surface area contributed by atoms with Gasteiger partial charge in [-0.3, -0.25) is 47.4 Å². The Labute approximate surface area is 338 Å². The number of nitrogens with zero attached hydrogens (tertiary/aromatic N) is 8. The van der Waals surface area contributed by atoms with Crippen molar-refractivity contribution in [1.82, 2.24) is 39.0 Å². The Kier molecular flexibility index (Phi) is 10.1. The molecule has 7 heterocycles. The molecule has 4 fully saturated rings. The zero-order valence-corrected chi connectivity index (χ0v) is 32.8. The van der Waals surface area contributed by atoms with Gasteiger partial charge in [0.2, 0.25) is 18.4 Å². The molecule has 4 aliphatic rings. The molecule has 3 aliphatic heterocycles. The van der Waals surface area contributed by atoms with Crippen molar-refractivity contribution in [3.05, 3.63) is 76.6 Å². The van der Waals surface area contributed by atoms with E-state index in [1.807, 2.05) is 0 Å². The third-order valence-corrected chi connectivity index (χ3v) is 12.3. The number of fused-ring (bicyclic) bond motifs is 5. The van der Waals surface area contributed by atoms with Crippen LogP contribution in [0, 0.1) is 18.4 Å². The quantitative estimate of drug-likeness (QED) is 0.0568. The summed E-state index contributed by atoms with van der Waals surface area (Å²) in [4.78, 5) is 65.3. The van der Waals surface area contributed by atoms with Crippen LogP contribution in [0.2, 0.25) is 0 Å². The summed E-state index contributed by atoms with van der Waals surface area (Å²) < 4.78 is 53.8. The number of anilines is 2. The van der Waals surface area contributed by atoms with Gasteiger partial charge in [-0.2, -0.15) is 4.98 Å². The molecule has 5 N–H and O–H groups in total. The summed E-state index contributed by atoms with van der Waals surface area (Å²) >= 11 is 0. The van der Waals surface area contributed by atoms with Gasteiger partial charge in [0.25, 0.3) is 11.5 Å². The Balaban J connectivity index is 0.937. The summed E-state index contributed by atoms with van der Waals surface area (Å²) in [6.45, 7) is 8.88. The predicted octanol–water partition coefficient (Wildman–Crippen LogP) is 1.56. The first kappa shape index (κ1) is 39.9. The van der Waals surface area contributed by atoms with Gasteiger partial charge in [0.15, 0.2) is 40.6 Å². The molecule has 3 saturated heterocycles. The molecule has 0 spiro atoms. The summed E-state index contributed by atoms with van der Waals surface area (Å²) in [6, 6.07) is 8.54. The second-order valence-corrected chi connectivity index (χ2v) is 16.7. The van der Waals surface area contributed by atoms with Crippen LogP contribution in [0.25, 0.3) is 27.2 Å². The maximum Gasteiger partial charge on any atom is 0.475 e. The minimum atomic E-state index is -4.63. The number of H-pyrrole nitrogens is 1. The Bertz CT molecular complexity index is 2630. The van der Waals surface area contributed by atoms with E-state index in [-0.39, 0.29) is 59.8 Å². The lowest BCUT2D eigenvalue weighted by molar-refractivity contribution is -0.185. The number of aliphatic hydroxyl groups is 2. The second-order valence-electron chi connectivity index (χ2n) is 15.1. The molecule has 23 nitrogen and oxygen atoms in total. The zero-order valence-electron chi connectivity index (χ0n) is 31.9. The summed E-state index contributed by atoms with van der Waals surface area (Å²) in [5, 5.41) is 27.3. The number of ether oxygens (including phenoxy) is 3. The average Bonchev–Trinajstić information content (AvgIpc) is 3.72. The van der Waals surface area contributed by atoms with E-state index in [4.69, 9.17) is 34.4 Å². The minimum Gasteiger partial charge on any atom is -0.393 e. The van der Waals surface area contributed by atoms with E-state index in [1.54, 1.807) is 44.2 Å². The van der Waals surface area contributed by atoms with Gasteiger partial charge in [0.05, 0.1) is 32.5 Å².